The van der Waals surface area contributed by atoms with Crippen molar-refractivity contribution in [2.45, 2.75) is 11.0 Å². The Morgan fingerprint density at radius 1 is 1.56 bits per heavy atom. The van der Waals surface area contributed by atoms with Crippen LogP contribution in [0.3, 0.4) is 0 Å². The van der Waals surface area contributed by atoms with Gasteiger partial charge in [-0.3, -0.25) is 0 Å². The van der Waals surface area contributed by atoms with E-state index in [9.17, 15) is 18.3 Å². The lowest BCUT2D eigenvalue weighted by Gasteiger charge is -2.10. The maximum atomic E-state index is 11.8. The lowest BCUT2D eigenvalue weighted by Crippen LogP contribution is -2.37. The van der Waals surface area contributed by atoms with Gasteiger partial charge in [0.05, 0.1) is 12.0 Å². The Bertz CT molecular complexity index is 531. The molecule has 1 aromatic rings. The maximum Gasteiger partial charge on any atom is 0.336 e. The minimum absolute atomic E-state index is 0.0490. The SMILES string of the molecule is COC(=O)C(O)CNS(=O)(=O)c1cccc(Cl)c1. The molecule has 0 aliphatic heterocycles. The average molecular weight is 294 g/mol. The number of carbonyl (C=O) groups excluding carboxylic acids is 1. The van der Waals surface area contributed by atoms with E-state index in [0.29, 0.717) is 0 Å². The molecule has 0 spiro atoms. The quantitative estimate of drug-likeness (QED) is 0.754. The van der Waals surface area contributed by atoms with Crippen molar-refractivity contribution < 1.29 is 23.1 Å². The van der Waals surface area contributed by atoms with E-state index >= 15 is 0 Å². The van der Waals surface area contributed by atoms with Gasteiger partial charge >= 0.3 is 5.97 Å². The van der Waals surface area contributed by atoms with E-state index in [0.717, 1.165) is 7.11 Å². The molecule has 0 amide bonds. The smallest absolute Gasteiger partial charge is 0.336 e. The zero-order valence-corrected chi connectivity index (χ0v) is 11.0. The predicted octanol–water partition coefficient (Wildman–Crippen LogP) is 0.152. The van der Waals surface area contributed by atoms with Crippen molar-refractivity contribution in [3.63, 3.8) is 0 Å². The highest BCUT2D eigenvalue weighted by Crippen LogP contribution is 2.15. The predicted molar refractivity (Wildman–Crippen MR) is 64.7 cm³/mol. The van der Waals surface area contributed by atoms with Crippen LogP contribution in [0, 0.1) is 0 Å². The number of aliphatic hydroxyl groups excluding tert-OH is 1. The molecule has 0 saturated heterocycles. The molecule has 0 fully saturated rings. The van der Waals surface area contributed by atoms with Gasteiger partial charge in [0.25, 0.3) is 0 Å². The Hall–Kier alpha value is -1.15. The van der Waals surface area contributed by atoms with E-state index in [1.807, 2.05) is 0 Å². The molecule has 0 bridgehead atoms. The molecule has 100 valence electrons. The van der Waals surface area contributed by atoms with Crippen LogP contribution in [-0.4, -0.2) is 39.3 Å². The second-order valence-electron chi connectivity index (χ2n) is 3.35. The molecule has 1 aromatic carbocycles. The summed E-state index contributed by atoms with van der Waals surface area (Å²) in [5.74, 6) is -0.913. The molecule has 0 aliphatic rings. The topological polar surface area (TPSA) is 92.7 Å². The average Bonchev–Trinajstić information content (AvgIpc) is 2.35. The molecule has 8 heteroatoms. The molecular formula is C10H12ClNO5S. The van der Waals surface area contributed by atoms with Crippen LogP contribution in [0.15, 0.2) is 29.2 Å². The van der Waals surface area contributed by atoms with Crippen molar-refractivity contribution in [2.24, 2.45) is 0 Å². The Balaban J connectivity index is 2.75. The van der Waals surface area contributed by atoms with Gasteiger partial charge in [-0.15, -0.1) is 0 Å². The number of rotatable bonds is 5. The fourth-order valence-corrected chi connectivity index (χ4v) is 2.46. The minimum atomic E-state index is -3.82. The summed E-state index contributed by atoms with van der Waals surface area (Å²) in [6, 6.07) is 5.62. The molecule has 1 rings (SSSR count). The first-order chi connectivity index (χ1) is 8.36. The first-order valence-electron chi connectivity index (χ1n) is 4.88. The maximum absolute atomic E-state index is 11.8. The van der Waals surface area contributed by atoms with Gasteiger partial charge in [0.15, 0.2) is 6.10 Å². The second-order valence-corrected chi connectivity index (χ2v) is 5.55. The van der Waals surface area contributed by atoms with Gasteiger partial charge in [0.1, 0.15) is 0 Å². The van der Waals surface area contributed by atoms with Gasteiger partial charge in [-0.25, -0.2) is 17.9 Å². The molecule has 2 N–H and O–H groups in total. The molecule has 18 heavy (non-hydrogen) atoms. The zero-order valence-electron chi connectivity index (χ0n) is 9.46. The van der Waals surface area contributed by atoms with Crippen LogP contribution in [0.25, 0.3) is 0 Å². The van der Waals surface area contributed by atoms with Crippen LogP contribution < -0.4 is 4.72 Å². The fraction of sp³-hybridized carbons (Fsp3) is 0.300. The van der Waals surface area contributed by atoms with E-state index in [2.05, 4.69) is 9.46 Å². The highest BCUT2D eigenvalue weighted by atomic mass is 35.5. The standard InChI is InChI=1S/C10H12ClNO5S/c1-17-10(14)9(13)6-12-18(15,16)8-4-2-3-7(11)5-8/h2-5,9,12-13H,6H2,1H3. The van der Waals surface area contributed by atoms with Crippen molar-refractivity contribution >= 4 is 27.6 Å². The summed E-state index contributed by atoms with van der Waals surface area (Å²) in [6.07, 6.45) is -1.55. The first kappa shape index (κ1) is 14.9. The van der Waals surface area contributed by atoms with E-state index in [-0.39, 0.29) is 9.92 Å². The number of sulfonamides is 1. The number of aliphatic hydroxyl groups is 1. The summed E-state index contributed by atoms with van der Waals surface area (Å²) in [6.45, 7) is -0.471. The van der Waals surface area contributed by atoms with Crippen LogP contribution >= 0.6 is 11.6 Å². The Morgan fingerprint density at radius 3 is 2.78 bits per heavy atom. The number of ether oxygens (including phenoxy) is 1. The number of hydrogen-bond donors (Lipinski definition) is 2. The van der Waals surface area contributed by atoms with E-state index in [1.165, 1.54) is 24.3 Å². The number of methoxy groups -OCH3 is 1. The highest BCUT2D eigenvalue weighted by Gasteiger charge is 2.20. The number of esters is 1. The Morgan fingerprint density at radius 2 is 2.22 bits per heavy atom. The number of halogens is 1. The van der Waals surface area contributed by atoms with Crippen molar-refractivity contribution in [2.75, 3.05) is 13.7 Å². The van der Waals surface area contributed by atoms with E-state index in [4.69, 9.17) is 11.6 Å². The van der Waals surface area contributed by atoms with Crippen LogP contribution in [0.4, 0.5) is 0 Å². The third kappa shape index (κ3) is 3.95. The van der Waals surface area contributed by atoms with Gasteiger partial charge in [0, 0.05) is 11.6 Å². The molecular weight excluding hydrogens is 282 g/mol. The molecule has 0 saturated carbocycles. The molecule has 0 heterocycles. The number of carbonyl (C=O) groups is 1. The lowest BCUT2D eigenvalue weighted by atomic mass is 10.4. The summed E-state index contributed by atoms with van der Waals surface area (Å²) < 4.78 is 29.9. The van der Waals surface area contributed by atoms with E-state index < -0.39 is 28.6 Å². The van der Waals surface area contributed by atoms with Crippen LogP contribution in [0.1, 0.15) is 0 Å². The van der Waals surface area contributed by atoms with Gasteiger partial charge in [-0.1, -0.05) is 17.7 Å². The minimum Gasteiger partial charge on any atom is -0.467 e. The lowest BCUT2D eigenvalue weighted by molar-refractivity contribution is -0.149. The van der Waals surface area contributed by atoms with Crippen molar-refractivity contribution in [3.05, 3.63) is 29.3 Å². The molecule has 0 radical (unpaired) electrons. The van der Waals surface area contributed by atoms with E-state index in [1.54, 1.807) is 0 Å². The highest BCUT2D eigenvalue weighted by molar-refractivity contribution is 7.89. The van der Waals surface area contributed by atoms with Gasteiger partial charge in [0.2, 0.25) is 10.0 Å². The van der Waals surface area contributed by atoms with Crippen LogP contribution in [0.2, 0.25) is 5.02 Å². The molecule has 1 unspecified atom stereocenters. The third-order valence-electron chi connectivity index (χ3n) is 2.05. The fourth-order valence-electron chi connectivity index (χ4n) is 1.13. The summed E-state index contributed by atoms with van der Waals surface area (Å²) in [5.41, 5.74) is 0. The Kier molecular flexibility index (Phi) is 5.09. The van der Waals surface area contributed by atoms with Crippen molar-refractivity contribution in [1.29, 1.82) is 0 Å². The van der Waals surface area contributed by atoms with Crippen LogP contribution in [0.5, 0.6) is 0 Å². The second kappa shape index (κ2) is 6.14. The molecule has 0 aromatic heterocycles. The van der Waals surface area contributed by atoms with Crippen molar-refractivity contribution in [1.82, 2.24) is 4.72 Å². The Labute approximate surface area is 110 Å². The number of nitrogens with one attached hydrogen (secondary N) is 1. The van der Waals surface area contributed by atoms with Gasteiger partial charge in [-0.2, -0.15) is 0 Å². The number of benzene rings is 1. The third-order valence-corrected chi connectivity index (χ3v) is 3.70. The normalized spacial score (nSPS) is 13.1. The molecule has 0 aliphatic carbocycles. The molecule has 1 atom stereocenters. The summed E-state index contributed by atoms with van der Waals surface area (Å²) in [7, 11) is -2.73. The number of hydrogen-bond acceptors (Lipinski definition) is 5. The zero-order chi connectivity index (χ0) is 13.8. The monoisotopic (exact) mass is 293 g/mol. The summed E-state index contributed by atoms with van der Waals surface area (Å²) >= 11 is 5.67. The molecule has 6 nitrogen and oxygen atoms in total. The van der Waals surface area contributed by atoms with Gasteiger partial charge in [-0.05, 0) is 18.2 Å². The summed E-state index contributed by atoms with van der Waals surface area (Å²) in [5, 5.41) is 9.52. The van der Waals surface area contributed by atoms with Crippen molar-refractivity contribution in [3.8, 4) is 0 Å². The largest absolute Gasteiger partial charge is 0.467 e. The van der Waals surface area contributed by atoms with Crippen LogP contribution in [-0.2, 0) is 19.6 Å². The summed E-state index contributed by atoms with van der Waals surface area (Å²) in [4.78, 5) is 10.8. The first-order valence-corrected chi connectivity index (χ1v) is 6.74. The van der Waals surface area contributed by atoms with Gasteiger partial charge < -0.3 is 9.84 Å².